The Bertz CT molecular complexity index is 1710. The summed E-state index contributed by atoms with van der Waals surface area (Å²) in [6, 6.07) is 11.0. The predicted molar refractivity (Wildman–Crippen MR) is 152 cm³/mol. The molecule has 2 aliphatic rings. The van der Waals surface area contributed by atoms with Gasteiger partial charge in [0.25, 0.3) is 5.78 Å². The number of fused-ring (bicyclic) bond motifs is 4. The van der Waals surface area contributed by atoms with Crippen LogP contribution in [-0.4, -0.2) is 62.2 Å². The number of morpholine rings is 1. The topological polar surface area (TPSA) is 75.9 Å². The largest absolute Gasteiger partial charge is 0.372 e. The molecule has 0 bridgehead atoms. The molecule has 6 rings (SSSR count). The third kappa shape index (κ3) is 4.46. The first kappa shape index (κ1) is 26.2. The van der Waals surface area contributed by atoms with Crippen LogP contribution in [0.2, 0.25) is 0 Å². The number of carbonyl (C=O) groups excluding carboxylic acids is 1. The second-order valence-electron chi connectivity index (χ2n) is 11.7. The molecule has 0 radical (unpaired) electrons. The molecule has 0 saturated carbocycles. The lowest BCUT2D eigenvalue weighted by atomic mass is 9.89. The number of rotatable bonds is 2. The van der Waals surface area contributed by atoms with Gasteiger partial charge < -0.3 is 14.5 Å². The monoisotopic (exact) mass is 540 g/mol. The number of hydrogen-bond acceptors (Lipinski definition) is 6. The van der Waals surface area contributed by atoms with Crippen molar-refractivity contribution in [1.29, 1.82) is 0 Å². The van der Waals surface area contributed by atoms with E-state index >= 15 is 4.39 Å². The van der Waals surface area contributed by atoms with Crippen LogP contribution in [-0.2, 0) is 16.0 Å². The van der Waals surface area contributed by atoms with Crippen molar-refractivity contribution in [2.45, 2.75) is 53.1 Å². The second-order valence-corrected chi connectivity index (χ2v) is 11.7. The number of nitrogens with zero attached hydrogens (tertiary/aromatic N) is 6. The third-order valence-corrected chi connectivity index (χ3v) is 7.73. The number of anilines is 2. The van der Waals surface area contributed by atoms with Gasteiger partial charge in [-0.25, -0.2) is 4.39 Å². The maximum atomic E-state index is 15.4. The highest BCUT2D eigenvalue weighted by Gasteiger charge is 2.36. The van der Waals surface area contributed by atoms with E-state index in [4.69, 9.17) is 9.72 Å². The lowest BCUT2D eigenvalue weighted by Gasteiger charge is -2.40. The first-order valence-corrected chi connectivity index (χ1v) is 13.7. The van der Waals surface area contributed by atoms with E-state index in [1.165, 1.54) is 6.07 Å². The van der Waals surface area contributed by atoms with Crippen LogP contribution in [0.1, 0.15) is 51.1 Å². The molecule has 8 nitrogen and oxygen atoms in total. The number of aromatic nitrogens is 4. The van der Waals surface area contributed by atoms with Gasteiger partial charge in [-0.2, -0.15) is 4.98 Å². The molecular formula is C31H33FN6O2. The fourth-order valence-electron chi connectivity index (χ4n) is 5.80. The molecule has 0 spiro atoms. The fraction of sp³-hybridized carbons (Fsp3) is 0.419. The van der Waals surface area contributed by atoms with Gasteiger partial charge in [0.2, 0.25) is 5.91 Å². The Kier molecular flexibility index (Phi) is 6.26. The minimum atomic E-state index is -0.859. The van der Waals surface area contributed by atoms with Crippen LogP contribution in [0.3, 0.4) is 0 Å². The van der Waals surface area contributed by atoms with Crippen molar-refractivity contribution < 1.29 is 13.9 Å². The van der Waals surface area contributed by atoms with Crippen molar-refractivity contribution in [3.8, 4) is 11.8 Å². The number of ether oxygens (including phenoxy) is 1. The molecule has 40 heavy (non-hydrogen) atoms. The van der Waals surface area contributed by atoms with Crippen molar-refractivity contribution >= 4 is 34.1 Å². The van der Waals surface area contributed by atoms with Gasteiger partial charge in [0.15, 0.2) is 0 Å². The molecule has 2 aliphatic heterocycles. The van der Waals surface area contributed by atoms with E-state index in [1.807, 2.05) is 63.8 Å². The maximum Gasteiger partial charge on any atom is 0.257 e. The van der Waals surface area contributed by atoms with Gasteiger partial charge in [0, 0.05) is 30.9 Å². The van der Waals surface area contributed by atoms with Gasteiger partial charge in [-0.05, 0) is 77.3 Å². The normalized spacial score (nSPS) is 17.1. The molecule has 0 atom stereocenters. The molecule has 1 saturated heterocycles. The van der Waals surface area contributed by atoms with E-state index < -0.39 is 5.41 Å². The van der Waals surface area contributed by atoms with Crippen LogP contribution in [0.5, 0.6) is 0 Å². The van der Waals surface area contributed by atoms with Gasteiger partial charge in [-0.15, -0.1) is 10.2 Å². The van der Waals surface area contributed by atoms with Crippen molar-refractivity contribution in [3.05, 3.63) is 59.2 Å². The van der Waals surface area contributed by atoms with E-state index in [1.54, 1.807) is 10.5 Å². The quantitative estimate of drug-likeness (QED) is 0.339. The number of halogens is 1. The van der Waals surface area contributed by atoms with Crippen LogP contribution >= 0.6 is 0 Å². The van der Waals surface area contributed by atoms with Crippen molar-refractivity contribution in [2.75, 3.05) is 31.1 Å². The molecule has 0 N–H and O–H groups in total. The lowest BCUT2D eigenvalue weighted by Crippen LogP contribution is -2.53. The average molecular weight is 541 g/mol. The number of aryl methyl sites for hydroxylation is 1. The second kappa shape index (κ2) is 9.56. The summed E-state index contributed by atoms with van der Waals surface area (Å²) >= 11 is 0. The van der Waals surface area contributed by atoms with E-state index in [0.29, 0.717) is 54.6 Å². The molecule has 4 heterocycles. The molecule has 206 valence electrons. The van der Waals surface area contributed by atoms with E-state index in [-0.39, 0.29) is 17.3 Å². The highest BCUT2D eigenvalue weighted by atomic mass is 19.1. The van der Waals surface area contributed by atoms with Crippen LogP contribution in [0, 0.1) is 30.0 Å². The summed E-state index contributed by atoms with van der Waals surface area (Å²) in [5, 5.41) is 8.84. The van der Waals surface area contributed by atoms with E-state index in [9.17, 15) is 4.79 Å². The van der Waals surface area contributed by atoms with Gasteiger partial charge in [-0.3, -0.25) is 9.20 Å². The minimum absolute atomic E-state index is 0.00542. The summed E-state index contributed by atoms with van der Waals surface area (Å²) in [5.41, 5.74) is 2.33. The number of carbonyl (C=O) groups is 1. The van der Waals surface area contributed by atoms with Crippen molar-refractivity contribution in [3.63, 3.8) is 0 Å². The Hall–Kier alpha value is -4.03. The summed E-state index contributed by atoms with van der Waals surface area (Å²) in [7, 11) is 0. The first-order valence-electron chi connectivity index (χ1n) is 13.7. The minimum Gasteiger partial charge on any atom is -0.372 e. The number of hydrogen-bond donors (Lipinski definition) is 0. The summed E-state index contributed by atoms with van der Waals surface area (Å²) in [5.74, 6) is 7.87. The zero-order valence-corrected chi connectivity index (χ0v) is 23.6. The van der Waals surface area contributed by atoms with Gasteiger partial charge >= 0.3 is 0 Å². The Labute approximate surface area is 233 Å². The molecule has 4 aromatic rings. The zero-order valence-electron chi connectivity index (χ0n) is 23.6. The van der Waals surface area contributed by atoms with E-state index in [2.05, 4.69) is 26.9 Å². The average Bonchev–Trinajstić information content (AvgIpc) is 3.31. The van der Waals surface area contributed by atoms with E-state index in [0.717, 1.165) is 29.7 Å². The van der Waals surface area contributed by atoms with Crippen molar-refractivity contribution in [1.82, 2.24) is 24.5 Å². The van der Waals surface area contributed by atoms with Crippen LogP contribution in [0.4, 0.5) is 15.9 Å². The maximum absolute atomic E-state index is 15.4. The summed E-state index contributed by atoms with van der Waals surface area (Å²) in [6.45, 7) is 11.9. The summed E-state index contributed by atoms with van der Waals surface area (Å²) in [4.78, 5) is 22.1. The van der Waals surface area contributed by atoms with Gasteiger partial charge in [0.05, 0.1) is 23.1 Å². The van der Waals surface area contributed by atoms with Gasteiger partial charge in [-0.1, -0.05) is 24.0 Å². The smallest absolute Gasteiger partial charge is 0.257 e. The van der Waals surface area contributed by atoms with Crippen molar-refractivity contribution in [2.24, 2.45) is 5.41 Å². The molecule has 2 aromatic carbocycles. The molecule has 9 heteroatoms. The predicted octanol–water partition coefficient (Wildman–Crippen LogP) is 4.82. The summed E-state index contributed by atoms with van der Waals surface area (Å²) in [6.07, 6.45) is 1.68. The SMILES string of the molecule is Cc1nnc2nc(N3CCCc4c(C#CC(C)(C)C(=O)N5CCOC(C)(C)C5)cccc43)c3c(F)cccc3n12. The Morgan fingerprint density at radius 3 is 2.73 bits per heavy atom. The molecule has 2 aromatic heterocycles. The number of benzene rings is 2. The van der Waals surface area contributed by atoms with Gasteiger partial charge in [0.1, 0.15) is 22.9 Å². The fourth-order valence-corrected chi connectivity index (χ4v) is 5.80. The Morgan fingerprint density at radius 2 is 1.93 bits per heavy atom. The number of amides is 1. The lowest BCUT2D eigenvalue weighted by molar-refractivity contribution is -0.151. The molecule has 0 aliphatic carbocycles. The van der Waals surface area contributed by atoms with Crippen LogP contribution in [0.25, 0.3) is 16.7 Å². The highest BCUT2D eigenvalue weighted by molar-refractivity contribution is 5.94. The molecule has 0 unspecified atom stereocenters. The molecule has 1 amide bonds. The van der Waals surface area contributed by atoms with Crippen LogP contribution < -0.4 is 4.90 Å². The molecular weight excluding hydrogens is 507 g/mol. The zero-order chi connectivity index (χ0) is 28.2. The Balaban J connectivity index is 1.40. The first-order chi connectivity index (χ1) is 19.1. The Morgan fingerprint density at radius 1 is 1.12 bits per heavy atom. The highest BCUT2D eigenvalue weighted by Crippen LogP contribution is 2.39. The third-order valence-electron chi connectivity index (χ3n) is 7.73. The standard InChI is InChI=1S/C31H33FN6O2/c1-20-34-35-29-33-27(26-23(32)11-7-13-25(26)38(20)29)37-16-8-10-22-21(9-6-12-24(22)37)14-15-30(2,3)28(39)36-17-18-40-31(4,5)19-36/h6-7,9,11-13H,8,10,16-19H2,1-5H3. The molecule has 1 fully saturated rings. The summed E-state index contributed by atoms with van der Waals surface area (Å²) < 4.78 is 22.9. The van der Waals surface area contributed by atoms with Crippen LogP contribution in [0.15, 0.2) is 36.4 Å².